The van der Waals surface area contributed by atoms with Crippen LogP contribution in [0.25, 0.3) is 5.57 Å². The molecule has 0 fully saturated rings. The number of rotatable bonds is 19. The van der Waals surface area contributed by atoms with Crippen LogP contribution in [0.5, 0.6) is 0 Å². The van der Waals surface area contributed by atoms with Gasteiger partial charge < -0.3 is 0 Å². The van der Waals surface area contributed by atoms with E-state index in [-0.39, 0.29) is 11.8 Å². The summed E-state index contributed by atoms with van der Waals surface area (Å²) >= 11 is 0. The van der Waals surface area contributed by atoms with Crippen LogP contribution in [0.2, 0.25) is 0 Å². The Morgan fingerprint density at radius 2 is 1.44 bits per heavy atom. The molecule has 2 rings (SSSR count). The predicted molar refractivity (Wildman–Crippen MR) is 247 cm³/mol. The van der Waals surface area contributed by atoms with E-state index >= 15 is 0 Å². The van der Waals surface area contributed by atoms with Crippen LogP contribution in [0.15, 0.2) is 128 Å². The van der Waals surface area contributed by atoms with Crippen molar-refractivity contribution in [1.29, 1.82) is 0 Å². The van der Waals surface area contributed by atoms with E-state index < -0.39 is 0 Å². The molecule has 2 atom stereocenters. The molecule has 0 N–H and O–H groups in total. The van der Waals surface area contributed by atoms with Gasteiger partial charge in [-0.3, -0.25) is 4.99 Å². The molecule has 0 aliphatic rings. The molecule has 55 heavy (non-hydrogen) atoms. The molecule has 0 heterocycles. The summed E-state index contributed by atoms with van der Waals surface area (Å²) in [7, 11) is 0. The summed E-state index contributed by atoms with van der Waals surface area (Å²) in [4.78, 5) is 4.99. The van der Waals surface area contributed by atoms with E-state index in [2.05, 4.69) is 144 Å². The van der Waals surface area contributed by atoms with Crippen molar-refractivity contribution >= 4 is 11.8 Å². The molecule has 0 saturated carbocycles. The van der Waals surface area contributed by atoms with Crippen LogP contribution in [0.3, 0.4) is 0 Å². The SMILES string of the molecule is C#CC(C)C(=C(C)\C(C)=C(/CC)C(CC)CC)/C(C(/C(=C)CC(Cc1cc(C)ccc1CCC(C)=C=CC)C(=C)C)=C(C)/N=C\C)=C(/C)c1ccc(C)cc1. The third kappa shape index (κ3) is 12.8. The minimum Gasteiger partial charge on any atom is -0.266 e. The van der Waals surface area contributed by atoms with Gasteiger partial charge in [0.05, 0.1) is 0 Å². The molecule has 0 aliphatic heterocycles. The number of aliphatic imine (C=N–C) groups is 1. The average Bonchev–Trinajstić information content (AvgIpc) is 3.15. The minimum atomic E-state index is -0.141. The van der Waals surface area contributed by atoms with Gasteiger partial charge in [0, 0.05) is 23.4 Å². The first-order valence-corrected chi connectivity index (χ1v) is 20.7. The Balaban J connectivity index is 3.02. The number of terminal acetylenes is 1. The van der Waals surface area contributed by atoms with Crippen LogP contribution in [-0.4, -0.2) is 6.21 Å². The van der Waals surface area contributed by atoms with Crippen molar-refractivity contribution in [2.24, 2.45) is 22.7 Å². The van der Waals surface area contributed by atoms with E-state index in [1.54, 1.807) is 0 Å². The second-order valence-corrected chi connectivity index (χ2v) is 15.7. The lowest BCUT2D eigenvalue weighted by atomic mass is 9.75. The van der Waals surface area contributed by atoms with Gasteiger partial charge in [0.25, 0.3) is 0 Å². The molecule has 1 nitrogen and oxygen atoms in total. The summed E-state index contributed by atoms with van der Waals surface area (Å²) in [6.45, 7) is 40.3. The molecule has 0 aromatic heterocycles. The lowest BCUT2D eigenvalue weighted by Gasteiger charge is -2.29. The van der Waals surface area contributed by atoms with E-state index in [1.807, 2.05) is 26.1 Å². The highest BCUT2D eigenvalue weighted by Gasteiger charge is 2.28. The van der Waals surface area contributed by atoms with Crippen LogP contribution in [0.1, 0.15) is 143 Å². The molecular weight excluding hydrogens is 663 g/mol. The Labute approximate surface area is 338 Å². The van der Waals surface area contributed by atoms with Crippen molar-refractivity contribution in [2.75, 3.05) is 0 Å². The van der Waals surface area contributed by atoms with E-state index in [0.717, 1.165) is 72.9 Å². The summed E-state index contributed by atoms with van der Waals surface area (Å²) in [6.07, 6.45) is 17.2. The Morgan fingerprint density at radius 1 is 0.818 bits per heavy atom. The van der Waals surface area contributed by atoms with Gasteiger partial charge in [0.1, 0.15) is 0 Å². The predicted octanol–water partition coefficient (Wildman–Crippen LogP) is 15.6. The maximum absolute atomic E-state index is 6.42. The maximum Gasteiger partial charge on any atom is 0.0449 e. The lowest BCUT2D eigenvalue weighted by Crippen LogP contribution is -2.15. The fourth-order valence-electron chi connectivity index (χ4n) is 8.16. The first-order valence-electron chi connectivity index (χ1n) is 20.7. The Bertz CT molecular complexity index is 1920. The minimum absolute atomic E-state index is 0.141. The van der Waals surface area contributed by atoms with Crippen molar-refractivity contribution in [3.05, 3.63) is 151 Å². The fraction of sp³-hybridized carbons (Fsp3) is 0.444. The van der Waals surface area contributed by atoms with E-state index in [0.29, 0.717) is 5.92 Å². The summed E-state index contributed by atoms with van der Waals surface area (Å²) in [5.74, 6) is 3.77. The molecule has 0 spiro atoms. The fourth-order valence-corrected chi connectivity index (χ4v) is 8.16. The summed E-state index contributed by atoms with van der Waals surface area (Å²) in [5, 5.41) is 0. The van der Waals surface area contributed by atoms with Crippen molar-refractivity contribution in [3.63, 3.8) is 0 Å². The Hall–Kier alpha value is -4.37. The molecule has 0 amide bonds. The van der Waals surface area contributed by atoms with E-state index in [9.17, 15) is 0 Å². The summed E-state index contributed by atoms with van der Waals surface area (Å²) < 4.78 is 0. The third-order valence-corrected chi connectivity index (χ3v) is 11.6. The first kappa shape index (κ1) is 46.8. The van der Waals surface area contributed by atoms with Crippen LogP contribution < -0.4 is 0 Å². The average molecular weight is 736 g/mol. The topological polar surface area (TPSA) is 12.4 Å². The molecule has 1 heteroatoms. The Kier molecular flexibility index (Phi) is 19.5. The molecule has 2 aromatic rings. The second-order valence-electron chi connectivity index (χ2n) is 15.7. The smallest absolute Gasteiger partial charge is 0.0449 e. The monoisotopic (exact) mass is 736 g/mol. The zero-order valence-corrected chi connectivity index (χ0v) is 37.3. The zero-order chi connectivity index (χ0) is 41.4. The van der Waals surface area contributed by atoms with Gasteiger partial charge in [-0.25, -0.2) is 0 Å². The molecule has 0 bridgehead atoms. The lowest BCUT2D eigenvalue weighted by molar-refractivity contribution is 0.551. The molecule has 2 unspecified atom stereocenters. The van der Waals surface area contributed by atoms with Crippen molar-refractivity contribution in [3.8, 4) is 12.3 Å². The van der Waals surface area contributed by atoms with Crippen molar-refractivity contribution in [2.45, 2.75) is 142 Å². The largest absolute Gasteiger partial charge is 0.266 e. The van der Waals surface area contributed by atoms with Crippen LogP contribution >= 0.6 is 0 Å². The van der Waals surface area contributed by atoms with E-state index in [1.165, 1.54) is 61.3 Å². The van der Waals surface area contributed by atoms with Gasteiger partial charge >= 0.3 is 0 Å². The van der Waals surface area contributed by atoms with Crippen molar-refractivity contribution in [1.82, 2.24) is 0 Å². The second kappa shape index (κ2) is 22.9. The van der Waals surface area contributed by atoms with Crippen LogP contribution in [-0.2, 0) is 12.8 Å². The zero-order valence-electron chi connectivity index (χ0n) is 37.3. The number of allylic oxidation sites excluding steroid dienone is 11. The quantitative estimate of drug-likeness (QED) is 0.0448. The summed E-state index contributed by atoms with van der Waals surface area (Å²) in [5.41, 5.74) is 23.1. The molecule has 0 aliphatic carbocycles. The van der Waals surface area contributed by atoms with Gasteiger partial charge in [0.15, 0.2) is 0 Å². The third-order valence-electron chi connectivity index (χ3n) is 11.6. The number of nitrogens with zero attached hydrogens (tertiary/aromatic N) is 1. The van der Waals surface area contributed by atoms with Gasteiger partial charge in [-0.2, -0.15) is 0 Å². The normalized spacial score (nSPS) is 14.6. The molecular formula is C54H73N. The van der Waals surface area contributed by atoms with E-state index in [4.69, 9.17) is 18.0 Å². The maximum atomic E-state index is 6.42. The van der Waals surface area contributed by atoms with Gasteiger partial charge in [0.2, 0.25) is 0 Å². The van der Waals surface area contributed by atoms with Crippen molar-refractivity contribution < 1.29 is 0 Å². The van der Waals surface area contributed by atoms with Crippen LogP contribution in [0, 0.1) is 43.9 Å². The van der Waals surface area contributed by atoms with Crippen LogP contribution in [0.4, 0.5) is 0 Å². The number of hydrogen-bond donors (Lipinski definition) is 0. The first-order chi connectivity index (χ1) is 26.1. The molecule has 2 aromatic carbocycles. The highest BCUT2D eigenvalue weighted by molar-refractivity contribution is 5.80. The van der Waals surface area contributed by atoms with Gasteiger partial charge in [-0.15, -0.1) is 12.2 Å². The highest BCUT2D eigenvalue weighted by atomic mass is 14.7. The number of aryl methyl sites for hydroxylation is 3. The number of hydrogen-bond acceptors (Lipinski definition) is 1. The number of benzene rings is 2. The molecule has 0 saturated heterocycles. The van der Waals surface area contributed by atoms with Gasteiger partial charge in [-0.05, 0) is 195 Å². The highest BCUT2D eigenvalue weighted by Crippen LogP contribution is 2.44. The molecule has 294 valence electrons. The Morgan fingerprint density at radius 3 is 1.96 bits per heavy atom. The molecule has 0 radical (unpaired) electrons. The van der Waals surface area contributed by atoms with Gasteiger partial charge in [-0.1, -0.05) is 105 Å². The standard InChI is InChI=1S/C54H73N/c1-18-24-37(9)27-31-48-32-28-39(11)33-50(48)35-49(36(7)8)34-41(13)53(45(17)55-23-6)54(44(16)47-29-25-38(10)26-30-47)52(40(12)19-2)43(15)42(14)51(22-5)46(20-3)21-4/h2,18,23,25-26,28-30,32-33,40,46,49H,7,13,20-22,27,31,34-35H2,1,3-6,8-12,14-17H3/b51-42+,52-43+,53-45+,54-44+,55-23-. The summed E-state index contributed by atoms with van der Waals surface area (Å²) in [6, 6.07) is 15.8.